The molecular formula is C42H48N2O5. The highest BCUT2D eigenvalue weighted by atomic mass is 16.5. The molecule has 4 unspecified atom stereocenters. The predicted octanol–water partition coefficient (Wildman–Crippen LogP) is 8.11. The molecule has 0 aromatic heterocycles. The predicted molar refractivity (Wildman–Crippen MR) is 195 cm³/mol. The first-order chi connectivity index (χ1) is 23.0. The number of aliphatic hydroxyl groups is 1. The lowest BCUT2D eigenvalue weighted by atomic mass is 9.61. The summed E-state index contributed by atoms with van der Waals surface area (Å²) in [6, 6.07) is 26.8. The van der Waals surface area contributed by atoms with Crippen LogP contribution in [0, 0.1) is 39.5 Å². The molecule has 7 nitrogen and oxygen atoms in total. The maximum absolute atomic E-state index is 14.2. The van der Waals surface area contributed by atoms with Crippen LogP contribution in [-0.2, 0) is 26.4 Å². The second-order valence-electron chi connectivity index (χ2n) is 14.9. The standard InChI is InChI=1S/C42H48N2O5/c1-25-9-19-33(27(3)21-25)43-39(46)37-35(45)23-42(8,48)38(40(47)44-34-20-10-26(2)22-28(34)4)36(37)30-13-17-32(18-14-30)49-24-29-11-15-31(16-12-29)41(5,6)7/h9-22,36-38,48H,23-24H2,1-8H3,(H,43,46)(H,44,47). The second-order valence-corrected chi connectivity index (χ2v) is 14.9. The Hall–Kier alpha value is -4.75. The molecule has 0 aliphatic heterocycles. The number of carbonyl (C=O) groups excluding carboxylic acids is 3. The van der Waals surface area contributed by atoms with Crippen molar-refractivity contribution in [3.63, 3.8) is 0 Å². The van der Waals surface area contributed by atoms with E-state index in [0.717, 1.165) is 27.8 Å². The van der Waals surface area contributed by atoms with Crippen LogP contribution in [0.25, 0.3) is 0 Å². The molecule has 1 aliphatic carbocycles. The van der Waals surface area contributed by atoms with Gasteiger partial charge in [-0.1, -0.05) is 92.6 Å². The van der Waals surface area contributed by atoms with Crippen molar-refractivity contribution in [1.82, 2.24) is 0 Å². The molecule has 0 heterocycles. The van der Waals surface area contributed by atoms with Crippen LogP contribution in [0.4, 0.5) is 11.4 Å². The Morgan fingerprint density at radius 3 is 1.84 bits per heavy atom. The first-order valence-corrected chi connectivity index (χ1v) is 16.9. The number of carbonyl (C=O) groups is 3. The monoisotopic (exact) mass is 660 g/mol. The average molecular weight is 661 g/mol. The van der Waals surface area contributed by atoms with Crippen molar-refractivity contribution in [1.29, 1.82) is 0 Å². The van der Waals surface area contributed by atoms with E-state index in [2.05, 4.69) is 55.7 Å². The smallest absolute Gasteiger partial charge is 0.235 e. The van der Waals surface area contributed by atoms with Gasteiger partial charge in [0.05, 0.1) is 11.5 Å². The van der Waals surface area contributed by atoms with Crippen molar-refractivity contribution >= 4 is 29.0 Å². The van der Waals surface area contributed by atoms with Gasteiger partial charge in [-0.25, -0.2) is 0 Å². The van der Waals surface area contributed by atoms with Crippen LogP contribution in [0.3, 0.4) is 0 Å². The Balaban J connectivity index is 1.48. The van der Waals surface area contributed by atoms with E-state index < -0.39 is 41.0 Å². The summed E-state index contributed by atoms with van der Waals surface area (Å²) in [5, 5.41) is 17.7. The van der Waals surface area contributed by atoms with Crippen molar-refractivity contribution in [2.45, 2.75) is 85.4 Å². The largest absolute Gasteiger partial charge is 0.489 e. The number of aryl methyl sites for hydroxylation is 4. The van der Waals surface area contributed by atoms with E-state index in [1.165, 1.54) is 12.5 Å². The van der Waals surface area contributed by atoms with E-state index in [0.29, 0.717) is 29.3 Å². The van der Waals surface area contributed by atoms with Crippen LogP contribution in [0.15, 0.2) is 84.9 Å². The molecule has 49 heavy (non-hydrogen) atoms. The lowest BCUT2D eigenvalue weighted by Crippen LogP contribution is -2.56. The topological polar surface area (TPSA) is 105 Å². The van der Waals surface area contributed by atoms with Crippen molar-refractivity contribution in [3.8, 4) is 5.75 Å². The maximum atomic E-state index is 14.2. The molecule has 1 saturated carbocycles. The molecule has 0 spiro atoms. The molecule has 7 heteroatoms. The SMILES string of the molecule is Cc1ccc(NC(=O)C2C(=O)CC(C)(O)C(C(=O)Nc3ccc(C)cc3C)C2c2ccc(OCc3ccc(C(C)(C)C)cc3)cc2)c(C)c1. The lowest BCUT2D eigenvalue weighted by molar-refractivity contribution is -0.150. The highest BCUT2D eigenvalue weighted by Crippen LogP contribution is 2.47. The third-order valence-corrected chi connectivity index (χ3v) is 9.60. The summed E-state index contributed by atoms with van der Waals surface area (Å²) in [6.07, 6.45) is -0.339. The molecule has 3 N–H and O–H groups in total. The minimum Gasteiger partial charge on any atom is -0.489 e. The summed E-state index contributed by atoms with van der Waals surface area (Å²) in [7, 11) is 0. The molecular weight excluding hydrogens is 612 g/mol. The highest BCUT2D eigenvalue weighted by Gasteiger charge is 2.56. The fourth-order valence-corrected chi connectivity index (χ4v) is 6.87. The fraction of sp³-hybridized carbons (Fsp3) is 0.357. The summed E-state index contributed by atoms with van der Waals surface area (Å²) < 4.78 is 6.10. The first-order valence-electron chi connectivity index (χ1n) is 16.9. The van der Waals surface area contributed by atoms with E-state index >= 15 is 0 Å². The zero-order valence-electron chi connectivity index (χ0n) is 29.8. The zero-order valence-corrected chi connectivity index (χ0v) is 29.8. The Labute approximate surface area is 290 Å². The summed E-state index contributed by atoms with van der Waals surface area (Å²) in [5.41, 5.74) is 6.22. The number of anilines is 2. The molecule has 256 valence electrons. The summed E-state index contributed by atoms with van der Waals surface area (Å²) >= 11 is 0. The number of rotatable bonds is 8. The third kappa shape index (κ3) is 8.11. The molecule has 1 aliphatic rings. The van der Waals surface area contributed by atoms with Crippen LogP contribution < -0.4 is 15.4 Å². The number of Topliss-reactive ketones (excluding diaryl/α,β-unsaturated/α-hetero) is 1. The molecule has 5 rings (SSSR count). The number of ketones is 1. The third-order valence-electron chi connectivity index (χ3n) is 9.60. The van der Waals surface area contributed by atoms with E-state index in [1.54, 1.807) is 24.3 Å². The molecule has 1 fully saturated rings. The van der Waals surface area contributed by atoms with Gasteiger partial charge in [0.15, 0.2) is 0 Å². The van der Waals surface area contributed by atoms with Crippen LogP contribution in [0.1, 0.15) is 79.0 Å². The van der Waals surface area contributed by atoms with E-state index in [9.17, 15) is 19.5 Å². The molecule has 2 amide bonds. The number of ether oxygens (including phenoxy) is 1. The van der Waals surface area contributed by atoms with Crippen LogP contribution in [0.5, 0.6) is 5.75 Å². The van der Waals surface area contributed by atoms with Gasteiger partial charge in [-0.2, -0.15) is 0 Å². The van der Waals surface area contributed by atoms with E-state index in [-0.39, 0.29) is 11.8 Å². The van der Waals surface area contributed by atoms with E-state index in [1.807, 2.05) is 64.1 Å². The fourth-order valence-electron chi connectivity index (χ4n) is 6.87. The van der Waals surface area contributed by atoms with Crippen LogP contribution in [-0.4, -0.2) is 28.3 Å². The van der Waals surface area contributed by atoms with Crippen molar-refractivity contribution in [3.05, 3.63) is 124 Å². The summed E-state index contributed by atoms with van der Waals surface area (Å²) in [4.78, 5) is 42.1. The Bertz CT molecular complexity index is 1850. The van der Waals surface area contributed by atoms with Gasteiger partial charge in [0, 0.05) is 23.7 Å². The number of amides is 2. The van der Waals surface area contributed by atoms with Gasteiger partial charge >= 0.3 is 0 Å². The molecule has 4 aromatic carbocycles. The minimum atomic E-state index is -1.71. The number of hydrogen-bond acceptors (Lipinski definition) is 5. The van der Waals surface area contributed by atoms with Crippen LogP contribution in [0.2, 0.25) is 0 Å². The van der Waals surface area contributed by atoms with Gasteiger partial charge in [0.2, 0.25) is 11.8 Å². The minimum absolute atomic E-state index is 0.0574. The van der Waals surface area contributed by atoms with Crippen LogP contribution >= 0.6 is 0 Å². The van der Waals surface area contributed by atoms with Crippen molar-refractivity contribution < 1.29 is 24.2 Å². The second kappa shape index (κ2) is 14.0. The van der Waals surface area contributed by atoms with Gasteiger partial charge in [-0.05, 0) is 92.1 Å². The van der Waals surface area contributed by atoms with Gasteiger partial charge in [-0.15, -0.1) is 0 Å². The lowest BCUT2D eigenvalue weighted by Gasteiger charge is -2.44. The zero-order chi connectivity index (χ0) is 35.7. The van der Waals surface area contributed by atoms with Crippen molar-refractivity contribution in [2.75, 3.05) is 10.6 Å². The maximum Gasteiger partial charge on any atom is 0.235 e. The molecule has 0 saturated heterocycles. The molecule has 4 atom stereocenters. The first kappa shape index (κ1) is 35.6. The Kier molecular flexibility index (Phi) is 10.2. The summed E-state index contributed by atoms with van der Waals surface area (Å²) in [6.45, 7) is 16.1. The highest BCUT2D eigenvalue weighted by molar-refractivity contribution is 6.10. The molecule has 0 bridgehead atoms. The van der Waals surface area contributed by atoms with E-state index in [4.69, 9.17) is 4.74 Å². The quantitative estimate of drug-likeness (QED) is 0.166. The summed E-state index contributed by atoms with van der Waals surface area (Å²) in [5.74, 6) is -4.08. The van der Waals surface area contributed by atoms with Gasteiger partial charge in [0.25, 0.3) is 0 Å². The van der Waals surface area contributed by atoms with Gasteiger partial charge in [-0.3, -0.25) is 14.4 Å². The van der Waals surface area contributed by atoms with Gasteiger partial charge < -0.3 is 20.5 Å². The number of nitrogens with one attached hydrogen (secondary N) is 2. The average Bonchev–Trinajstić information content (AvgIpc) is 3.02. The van der Waals surface area contributed by atoms with Gasteiger partial charge in [0.1, 0.15) is 24.1 Å². The molecule has 0 radical (unpaired) electrons. The Morgan fingerprint density at radius 2 is 1.33 bits per heavy atom. The number of benzene rings is 4. The normalized spacial score (nSPS) is 20.8. The number of hydrogen-bond donors (Lipinski definition) is 3. The Morgan fingerprint density at radius 1 is 0.796 bits per heavy atom. The van der Waals surface area contributed by atoms with Crippen molar-refractivity contribution in [2.24, 2.45) is 11.8 Å². The molecule has 4 aromatic rings.